The first kappa shape index (κ1) is 32.7. The van der Waals surface area contributed by atoms with Crippen molar-refractivity contribution in [3.8, 4) is 40.2 Å². The van der Waals surface area contributed by atoms with Gasteiger partial charge in [-0.15, -0.1) is 0 Å². The van der Waals surface area contributed by atoms with Crippen LogP contribution < -0.4 is 14.2 Å². The number of esters is 3. The maximum absolute atomic E-state index is 12.5. The number of ether oxygens (including phenoxy) is 3. The van der Waals surface area contributed by atoms with Crippen molar-refractivity contribution in [1.82, 2.24) is 0 Å². The van der Waals surface area contributed by atoms with E-state index in [4.69, 9.17) is 14.2 Å². The minimum absolute atomic E-state index is 0.275. The van der Waals surface area contributed by atoms with Crippen molar-refractivity contribution in [3.63, 3.8) is 0 Å². The van der Waals surface area contributed by atoms with Gasteiger partial charge in [-0.05, 0) is 92.1 Å². The molecule has 0 fully saturated rings. The topological polar surface area (TPSA) is 78.9 Å². The van der Waals surface area contributed by atoms with E-state index in [1.807, 2.05) is 60.7 Å². The Morgan fingerprint density at radius 2 is 0.957 bits per heavy atom. The third kappa shape index (κ3) is 9.15. The molecule has 228 valence electrons. The van der Waals surface area contributed by atoms with Gasteiger partial charge in [-0.3, -0.25) is 0 Å². The highest BCUT2D eigenvalue weighted by Crippen LogP contribution is 2.32. The van der Waals surface area contributed by atoms with Crippen LogP contribution >= 0.6 is 0 Å². The first-order valence-corrected chi connectivity index (χ1v) is 14.3. The quantitative estimate of drug-likeness (QED) is 0.0625. The van der Waals surface area contributed by atoms with E-state index in [2.05, 4.69) is 31.6 Å². The molecule has 0 aliphatic carbocycles. The Bertz CT molecular complexity index is 1910. The molecule has 0 spiro atoms. The third-order valence-corrected chi connectivity index (χ3v) is 6.43. The van der Waals surface area contributed by atoms with E-state index in [9.17, 15) is 14.4 Å². The van der Waals surface area contributed by atoms with Crippen molar-refractivity contribution >= 4 is 30.1 Å². The molecule has 0 N–H and O–H groups in total. The predicted octanol–water partition coefficient (Wildman–Crippen LogP) is 8.37. The van der Waals surface area contributed by atoms with Gasteiger partial charge in [-0.1, -0.05) is 80.1 Å². The molecular formula is C40H32O6. The Morgan fingerprint density at radius 3 is 1.46 bits per heavy atom. The number of benzene rings is 4. The molecule has 0 aliphatic rings. The van der Waals surface area contributed by atoms with E-state index in [1.54, 1.807) is 63.2 Å². The fraction of sp³-hybridized carbons (Fsp3) is 0.0750. The molecule has 46 heavy (non-hydrogen) atoms. The van der Waals surface area contributed by atoms with Crippen molar-refractivity contribution in [3.05, 3.63) is 150 Å². The molecule has 0 radical (unpaired) electrons. The van der Waals surface area contributed by atoms with Crippen LogP contribution in [-0.4, -0.2) is 17.9 Å². The molecule has 0 bridgehead atoms. The summed E-state index contributed by atoms with van der Waals surface area (Å²) in [6.07, 6.45) is 3.92. The summed E-state index contributed by atoms with van der Waals surface area (Å²) < 4.78 is 16.2. The lowest BCUT2D eigenvalue weighted by Crippen LogP contribution is -2.09. The summed E-state index contributed by atoms with van der Waals surface area (Å²) in [7, 11) is 0. The Balaban J connectivity index is 1.52. The Hall–Kier alpha value is -6.19. The van der Waals surface area contributed by atoms with Crippen LogP contribution in [0.4, 0.5) is 0 Å². The minimum atomic E-state index is -0.536. The summed E-state index contributed by atoms with van der Waals surface area (Å²) in [5.41, 5.74) is 5.75. The van der Waals surface area contributed by atoms with Crippen LogP contribution in [-0.2, 0) is 14.4 Å². The molecule has 0 saturated carbocycles. The molecule has 6 nitrogen and oxygen atoms in total. The SMILES string of the molecule is C=C(C)C(=O)Oc1ccc(C#Cc2ccc(-c3ccc(/C=C/c4ccc(OC(=O)C(=C)C)cc4)cc3)c(OC(=O)C(=C)C)c2)cc1. The van der Waals surface area contributed by atoms with E-state index >= 15 is 0 Å². The van der Waals surface area contributed by atoms with Crippen molar-refractivity contribution in [2.45, 2.75) is 20.8 Å². The first-order chi connectivity index (χ1) is 22.0. The van der Waals surface area contributed by atoms with Crippen LogP contribution in [0.5, 0.6) is 17.2 Å². The van der Waals surface area contributed by atoms with Gasteiger partial charge < -0.3 is 14.2 Å². The monoisotopic (exact) mass is 608 g/mol. The average Bonchev–Trinajstić information content (AvgIpc) is 3.04. The highest BCUT2D eigenvalue weighted by Gasteiger charge is 2.13. The summed E-state index contributed by atoms with van der Waals surface area (Å²) in [6, 6.07) is 27.2. The van der Waals surface area contributed by atoms with Gasteiger partial charge in [0, 0.05) is 33.4 Å². The van der Waals surface area contributed by atoms with E-state index < -0.39 is 17.9 Å². The maximum Gasteiger partial charge on any atom is 0.338 e. The molecule has 0 heterocycles. The molecule has 0 aromatic heterocycles. The average molecular weight is 609 g/mol. The van der Waals surface area contributed by atoms with Gasteiger partial charge in [0.05, 0.1) is 0 Å². The van der Waals surface area contributed by atoms with Crippen molar-refractivity contribution in [2.75, 3.05) is 0 Å². The lowest BCUT2D eigenvalue weighted by molar-refractivity contribution is -0.130. The molecule has 4 aromatic rings. The van der Waals surface area contributed by atoms with E-state index in [0.717, 1.165) is 22.3 Å². The van der Waals surface area contributed by atoms with E-state index in [-0.39, 0.29) is 5.57 Å². The molecule has 0 aliphatic heterocycles. The van der Waals surface area contributed by atoms with Crippen LogP contribution in [0.1, 0.15) is 43.0 Å². The van der Waals surface area contributed by atoms with Crippen LogP contribution in [0.15, 0.2) is 127 Å². The van der Waals surface area contributed by atoms with Crippen molar-refractivity contribution in [2.24, 2.45) is 0 Å². The van der Waals surface area contributed by atoms with Crippen molar-refractivity contribution < 1.29 is 28.6 Å². The summed E-state index contributed by atoms with van der Waals surface area (Å²) in [6.45, 7) is 15.6. The molecule has 6 heteroatoms. The van der Waals surface area contributed by atoms with Gasteiger partial charge in [0.15, 0.2) is 0 Å². The second-order valence-corrected chi connectivity index (χ2v) is 10.5. The normalized spacial score (nSPS) is 10.3. The first-order valence-electron chi connectivity index (χ1n) is 14.3. The zero-order valence-corrected chi connectivity index (χ0v) is 25.9. The zero-order chi connectivity index (χ0) is 33.2. The maximum atomic E-state index is 12.5. The van der Waals surface area contributed by atoms with Crippen molar-refractivity contribution in [1.29, 1.82) is 0 Å². The molecule has 0 saturated heterocycles. The van der Waals surface area contributed by atoms with Gasteiger partial charge in [-0.2, -0.15) is 0 Å². The van der Waals surface area contributed by atoms with Gasteiger partial charge >= 0.3 is 17.9 Å². The fourth-order valence-electron chi connectivity index (χ4n) is 3.86. The fourth-order valence-corrected chi connectivity index (χ4v) is 3.86. The molecule has 4 rings (SSSR count). The van der Waals surface area contributed by atoms with Crippen LogP contribution in [0.25, 0.3) is 23.3 Å². The Morgan fingerprint density at radius 1 is 0.543 bits per heavy atom. The van der Waals surface area contributed by atoms with Gasteiger partial charge in [-0.25, -0.2) is 14.4 Å². The number of carbonyl (C=O) groups excluding carboxylic acids is 3. The molecule has 0 atom stereocenters. The summed E-state index contributed by atoms with van der Waals surface area (Å²) >= 11 is 0. The Labute approximate surface area is 269 Å². The van der Waals surface area contributed by atoms with Gasteiger partial charge in [0.2, 0.25) is 0 Å². The van der Waals surface area contributed by atoms with Crippen LogP contribution in [0, 0.1) is 11.8 Å². The second kappa shape index (κ2) is 15.0. The molecule has 0 amide bonds. The Kier molecular flexibility index (Phi) is 10.7. The summed E-state index contributed by atoms with van der Waals surface area (Å²) in [4.78, 5) is 35.9. The second-order valence-electron chi connectivity index (χ2n) is 10.5. The highest BCUT2D eigenvalue weighted by atomic mass is 16.5. The lowest BCUT2D eigenvalue weighted by Gasteiger charge is -2.11. The number of hydrogen-bond acceptors (Lipinski definition) is 6. The van der Waals surface area contributed by atoms with Crippen LogP contribution in [0.3, 0.4) is 0 Å². The molecular weight excluding hydrogens is 576 g/mol. The summed E-state index contributed by atoms with van der Waals surface area (Å²) in [5.74, 6) is 5.89. The van der Waals surface area contributed by atoms with Gasteiger partial charge in [0.25, 0.3) is 0 Å². The zero-order valence-electron chi connectivity index (χ0n) is 25.9. The third-order valence-electron chi connectivity index (χ3n) is 6.43. The van der Waals surface area contributed by atoms with Crippen LogP contribution in [0.2, 0.25) is 0 Å². The largest absolute Gasteiger partial charge is 0.423 e. The highest BCUT2D eigenvalue weighted by molar-refractivity contribution is 5.91. The molecule has 4 aromatic carbocycles. The number of rotatable bonds is 9. The van der Waals surface area contributed by atoms with E-state index in [1.165, 1.54) is 0 Å². The number of carbonyl (C=O) groups is 3. The number of hydrogen-bond donors (Lipinski definition) is 0. The minimum Gasteiger partial charge on any atom is -0.423 e. The smallest absolute Gasteiger partial charge is 0.338 e. The lowest BCUT2D eigenvalue weighted by atomic mass is 10.0. The summed E-state index contributed by atoms with van der Waals surface area (Å²) in [5, 5.41) is 0. The van der Waals surface area contributed by atoms with E-state index in [0.29, 0.717) is 39.5 Å². The predicted molar refractivity (Wildman–Crippen MR) is 181 cm³/mol. The van der Waals surface area contributed by atoms with Gasteiger partial charge in [0.1, 0.15) is 17.2 Å². The standard InChI is InChI=1S/C40H32O6/c1-26(2)38(41)44-34-20-13-30(14-21-34)8-7-29-11-18-33(19-12-29)36-24-17-32(25-37(36)46-40(43)28(5)6)10-9-31-15-22-35(23-16-31)45-39(42)27(3)4/h7-8,11-25H,1,3,5H2,2,4,6H3/b8-7+. The molecule has 0 unspecified atom stereocenters.